The minimum absolute atomic E-state index is 0. The molecule has 0 N–H and O–H groups in total. The summed E-state index contributed by atoms with van der Waals surface area (Å²) in [5.74, 6) is 0. The quantitative estimate of drug-likeness (QED) is 0.398. The highest BCUT2D eigenvalue weighted by Crippen LogP contribution is 2.08. The third-order valence-corrected chi connectivity index (χ3v) is 2.10. The Morgan fingerprint density at radius 2 is 1.17 bits per heavy atom. The zero-order valence-electron chi connectivity index (χ0n) is 8.07. The number of hydrogen-bond acceptors (Lipinski definition) is 0. The molecule has 0 atom stereocenters. The summed E-state index contributed by atoms with van der Waals surface area (Å²) in [6, 6.07) is 0. The monoisotopic (exact) mass is 181 g/mol. The van der Waals surface area contributed by atoms with Crippen molar-refractivity contribution in [3.05, 3.63) is 6.92 Å². The van der Waals surface area contributed by atoms with Crippen LogP contribution in [0.1, 0.15) is 64.7 Å². The summed E-state index contributed by atoms with van der Waals surface area (Å²) in [5.41, 5.74) is 0. The first kappa shape index (κ1) is 15.2. The van der Waals surface area contributed by atoms with Crippen molar-refractivity contribution in [1.82, 2.24) is 0 Å². The first-order chi connectivity index (χ1) is 5.41. The van der Waals surface area contributed by atoms with Gasteiger partial charge in [-0.2, -0.15) is 0 Å². The van der Waals surface area contributed by atoms with Crippen LogP contribution in [0.4, 0.5) is 0 Å². The summed E-state index contributed by atoms with van der Waals surface area (Å²) in [5, 5.41) is 0. The predicted octanol–water partition coefficient (Wildman–Crippen LogP) is 3.44. The van der Waals surface area contributed by atoms with Gasteiger partial charge in [-0.05, 0) is 0 Å². The zero-order chi connectivity index (χ0) is 8.36. The summed E-state index contributed by atoms with van der Waals surface area (Å²) in [6.07, 6.45) is 12.4. The molecule has 0 fully saturated rings. The van der Waals surface area contributed by atoms with Crippen molar-refractivity contribution in [2.24, 2.45) is 0 Å². The van der Waals surface area contributed by atoms with E-state index in [2.05, 4.69) is 13.8 Å². The molecular formula is C11H25Mg. The lowest BCUT2D eigenvalue weighted by Gasteiger charge is -1.98. The summed E-state index contributed by atoms with van der Waals surface area (Å²) in [4.78, 5) is 0. The lowest BCUT2D eigenvalue weighted by atomic mass is 10.1. The van der Waals surface area contributed by atoms with Crippen LogP contribution in [0.2, 0.25) is 0 Å². The molecule has 0 bridgehead atoms. The topological polar surface area (TPSA) is 0 Å². The molecule has 0 spiro atoms. The van der Waals surface area contributed by atoms with Crippen LogP contribution in [-0.4, -0.2) is 23.1 Å². The highest BCUT2D eigenvalue weighted by molar-refractivity contribution is 5.75. The van der Waals surface area contributed by atoms with Gasteiger partial charge < -0.3 is 0 Å². The second kappa shape index (κ2) is 14.3. The number of unbranched alkanes of at least 4 members (excludes halogenated alkanes) is 8. The van der Waals surface area contributed by atoms with Crippen LogP contribution in [0.15, 0.2) is 0 Å². The molecule has 1 heteroatoms. The number of rotatable bonds is 8. The van der Waals surface area contributed by atoms with E-state index in [0.29, 0.717) is 0 Å². The lowest BCUT2D eigenvalue weighted by molar-refractivity contribution is 0.577. The van der Waals surface area contributed by atoms with Crippen LogP contribution in [0.3, 0.4) is 0 Å². The van der Waals surface area contributed by atoms with E-state index in [-0.39, 0.29) is 23.1 Å². The van der Waals surface area contributed by atoms with Gasteiger partial charge in [0.1, 0.15) is 0 Å². The van der Waals surface area contributed by atoms with Gasteiger partial charge in [0.15, 0.2) is 0 Å². The summed E-state index contributed by atoms with van der Waals surface area (Å²) < 4.78 is 0. The molecular weight excluding hydrogens is 156 g/mol. The molecule has 0 heterocycles. The standard InChI is InChI=1S/C11H23.Mg.2H/c1-3-5-7-9-11-10-8-6-4-2;;;/h1,3-11H2,2H3;;;. The molecule has 0 saturated heterocycles. The van der Waals surface area contributed by atoms with Crippen molar-refractivity contribution in [2.75, 3.05) is 0 Å². The molecule has 0 aliphatic carbocycles. The fourth-order valence-electron chi connectivity index (χ4n) is 1.31. The molecule has 0 aromatic heterocycles. The largest absolute Gasteiger partial charge is 0.316 e. The Labute approximate surface area is 94.7 Å². The molecule has 0 rings (SSSR count). The van der Waals surface area contributed by atoms with E-state index >= 15 is 0 Å². The minimum Gasteiger partial charge on any atom is -0.0654 e. The van der Waals surface area contributed by atoms with E-state index in [4.69, 9.17) is 0 Å². The summed E-state index contributed by atoms with van der Waals surface area (Å²) in [7, 11) is 0. The van der Waals surface area contributed by atoms with Crippen molar-refractivity contribution >= 4 is 23.1 Å². The van der Waals surface area contributed by atoms with E-state index in [1.165, 1.54) is 51.4 Å². The molecule has 0 aromatic carbocycles. The second-order valence-corrected chi connectivity index (χ2v) is 3.33. The van der Waals surface area contributed by atoms with Crippen LogP contribution >= 0.6 is 0 Å². The third-order valence-electron chi connectivity index (χ3n) is 2.10. The van der Waals surface area contributed by atoms with Crippen molar-refractivity contribution < 1.29 is 0 Å². The molecule has 1 radical (unpaired) electrons. The Bertz CT molecular complexity index is 54.0. The third kappa shape index (κ3) is 13.4. The molecule has 12 heavy (non-hydrogen) atoms. The van der Waals surface area contributed by atoms with Crippen LogP contribution in [0, 0.1) is 6.92 Å². The SMILES string of the molecule is [CH2]CCCCCCCCCC.[MgH2]. The van der Waals surface area contributed by atoms with E-state index < -0.39 is 0 Å². The summed E-state index contributed by atoms with van der Waals surface area (Å²) in [6.45, 7) is 6.10. The van der Waals surface area contributed by atoms with Gasteiger partial charge in [-0.1, -0.05) is 71.6 Å². The predicted molar refractivity (Wildman–Crippen MR) is 61.1 cm³/mol. The van der Waals surface area contributed by atoms with Gasteiger partial charge in [0.25, 0.3) is 0 Å². The maximum absolute atomic E-state index is 3.83. The van der Waals surface area contributed by atoms with Gasteiger partial charge >= 0.3 is 23.1 Å². The van der Waals surface area contributed by atoms with Gasteiger partial charge in [-0.3, -0.25) is 0 Å². The average molecular weight is 182 g/mol. The summed E-state index contributed by atoms with van der Waals surface area (Å²) >= 11 is 0. The Morgan fingerprint density at radius 1 is 0.750 bits per heavy atom. The van der Waals surface area contributed by atoms with Gasteiger partial charge in [0.05, 0.1) is 0 Å². The lowest BCUT2D eigenvalue weighted by Crippen LogP contribution is -1.79. The highest BCUT2D eigenvalue weighted by Gasteiger charge is 1.88. The Morgan fingerprint density at radius 3 is 1.58 bits per heavy atom. The van der Waals surface area contributed by atoms with Crippen LogP contribution in [0.5, 0.6) is 0 Å². The maximum Gasteiger partial charge on any atom is 0.316 e. The first-order valence-corrected chi connectivity index (χ1v) is 5.21. The van der Waals surface area contributed by atoms with E-state index in [1.54, 1.807) is 0 Å². The normalized spacial score (nSPS) is 9.50. The molecule has 71 valence electrons. The van der Waals surface area contributed by atoms with Gasteiger partial charge in [-0.15, -0.1) is 0 Å². The molecule has 0 aromatic rings. The van der Waals surface area contributed by atoms with Crippen molar-refractivity contribution in [3.63, 3.8) is 0 Å². The Hall–Kier alpha value is 0.766. The Balaban J connectivity index is 0. The average Bonchev–Trinajstić information content (AvgIpc) is 2.03. The maximum atomic E-state index is 3.83. The first-order valence-electron chi connectivity index (χ1n) is 5.21. The second-order valence-electron chi connectivity index (χ2n) is 3.33. The fourth-order valence-corrected chi connectivity index (χ4v) is 1.31. The van der Waals surface area contributed by atoms with E-state index in [9.17, 15) is 0 Å². The van der Waals surface area contributed by atoms with Crippen molar-refractivity contribution in [3.8, 4) is 0 Å². The smallest absolute Gasteiger partial charge is 0.0654 e. The molecule has 0 aliphatic rings. The van der Waals surface area contributed by atoms with Gasteiger partial charge in [-0.25, -0.2) is 0 Å². The van der Waals surface area contributed by atoms with E-state index in [0.717, 1.165) is 6.42 Å². The fraction of sp³-hybridized carbons (Fsp3) is 0.909. The minimum atomic E-state index is 0. The molecule has 0 aliphatic heterocycles. The van der Waals surface area contributed by atoms with Crippen LogP contribution < -0.4 is 0 Å². The van der Waals surface area contributed by atoms with Gasteiger partial charge in [0.2, 0.25) is 0 Å². The zero-order valence-corrected chi connectivity index (χ0v) is 8.07. The molecule has 0 amide bonds. The number of hydrogen-bond donors (Lipinski definition) is 0. The van der Waals surface area contributed by atoms with Crippen LogP contribution in [0.25, 0.3) is 0 Å². The Kier molecular flexibility index (Phi) is 18.2. The van der Waals surface area contributed by atoms with Crippen molar-refractivity contribution in [2.45, 2.75) is 64.7 Å². The highest BCUT2D eigenvalue weighted by atomic mass is 24.3. The van der Waals surface area contributed by atoms with Crippen molar-refractivity contribution in [1.29, 1.82) is 0 Å². The van der Waals surface area contributed by atoms with Crippen LogP contribution in [-0.2, 0) is 0 Å². The molecule has 0 saturated carbocycles. The molecule has 0 unspecified atom stereocenters. The molecule has 0 nitrogen and oxygen atoms in total. The van der Waals surface area contributed by atoms with Gasteiger partial charge in [0, 0.05) is 0 Å². The van der Waals surface area contributed by atoms with E-state index in [1.807, 2.05) is 0 Å².